The number of rotatable bonds is 3. The predicted octanol–water partition coefficient (Wildman–Crippen LogP) is 2.44. The summed E-state index contributed by atoms with van der Waals surface area (Å²) in [5.74, 6) is 0.884. The molecule has 0 radical (unpaired) electrons. The lowest BCUT2D eigenvalue weighted by molar-refractivity contribution is 0.300. The zero-order valence-electron chi connectivity index (χ0n) is 7.99. The quantitative estimate of drug-likeness (QED) is 0.839. The van der Waals surface area contributed by atoms with Crippen molar-refractivity contribution in [2.75, 3.05) is 13.7 Å². The number of benzene rings is 1. The second kappa shape index (κ2) is 3.98. The van der Waals surface area contributed by atoms with E-state index in [0.29, 0.717) is 0 Å². The van der Waals surface area contributed by atoms with E-state index >= 15 is 0 Å². The van der Waals surface area contributed by atoms with Crippen LogP contribution in [0.25, 0.3) is 10.1 Å². The van der Waals surface area contributed by atoms with Crippen LogP contribution in [0, 0.1) is 0 Å². The van der Waals surface area contributed by atoms with Crippen molar-refractivity contribution < 1.29 is 9.84 Å². The van der Waals surface area contributed by atoms with Crippen LogP contribution in [-0.2, 0) is 6.42 Å². The maximum Gasteiger partial charge on any atom is 0.120 e. The van der Waals surface area contributed by atoms with Gasteiger partial charge in [0.15, 0.2) is 0 Å². The normalized spacial score (nSPS) is 10.7. The molecule has 0 atom stereocenters. The van der Waals surface area contributed by atoms with Gasteiger partial charge in [0.1, 0.15) is 5.75 Å². The van der Waals surface area contributed by atoms with Gasteiger partial charge in [0.05, 0.1) is 7.11 Å². The van der Waals surface area contributed by atoms with Crippen molar-refractivity contribution in [1.29, 1.82) is 0 Å². The third kappa shape index (κ3) is 1.61. The topological polar surface area (TPSA) is 29.5 Å². The van der Waals surface area contributed by atoms with Gasteiger partial charge in [-0.3, -0.25) is 0 Å². The number of ether oxygens (including phenoxy) is 1. The average molecular weight is 208 g/mol. The van der Waals surface area contributed by atoms with Crippen LogP contribution in [0.15, 0.2) is 23.6 Å². The summed E-state index contributed by atoms with van der Waals surface area (Å²) in [5.41, 5.74) is 1.22. The molecular weight excluding hydrogens is 196 g/mol. The van der Waals surface area contributed by atoms with Crippen molar-refractivity contribution in [3.63, 3.8) is 0 Å². The molecular formula is C11H12O2S. The molecule has 0 aliphatic rings. The van der Waals surface area contributed by atoms with Crippen LogP contribution in [0.2, 0.25) is 0 Å². The molecule has 0 aliphatic heterocycles. The molecule has 1 heterocycles. The molecule has 0 unspecified atom stereocenters. The van der Waals surface area contributed by atoms with Gasteiger partial charge in [-0.25, -0.2) is 0 Å². The maximum absolute atomic E-state index is 8.88. The molecule has 0 bridgehead atoms. The summed E-state index contributed by atoms with van der Waals surface area (Å²) in [6.45, 7) is 0.206. The van der Waals surface area contributed by atoms with Crippen molar-refractivity contribution in [3.8, 4) is 5.75 Å². The number of hydrogen-bond acceptors (Lipinski definition) is 3. The molecule has 2 nitrogen and oxygen atoms in total. The lowest BCUT2D eigenvalue weighted by Crippen LogP contribution is -1.88. The van der Waals surface area contributed by atoms with E-state index < -0.39 is 0 Å². The highest BCUT2D eigenvalue weighted by Gasteiger charge is 2.04. The number of methoxy groups -OCH3 is 1. The Labute approximate surface area is 86.8 Å². The van der Waals surface area contributed by atoms with E-state index in [0.717, 1.165) is 12.2 Å². The van der Waals surface area contributed by atoms with Crippen molar-refractivity contribution in [3.05, 3.63) is 29.1 Å². The molecule has 1 aromatic heterocycles. The Morgan fingerprint density at radius 2 is 2.29 bits per heavy atom. The Morgan fingerprint density at radius 3 is 3.00 bits per heavy atom. The summed E-state index contributed by atoms with van der Waals surface area (Å²) in [6.07, 6.45) is 0.729. The third-order valence-corrected chi connectivity index (χ3v) is 3.24. The summed E-state index contributed by atoms with van der Waals surface area (Å²) >= 11 is 1.69. The molecule has 0 spiro atoms. The lowest BCUT2D eigenvalue weighted by Gasteiger charge is -1.99. The number of aliphatic hydroxyl groups excluding tert-OH is 1. The first-order valence-electron chi connectivity index (χ1n) is 4.50. The highest BCUT2D eigenvalue weighted by atomic mass is 32.1. The van der Waals surface area contributed by atoms with Crippen LogP contribution in [-0.4, -0.2) is 18.8 Å². The summed E-state index contributed by atoms with van der Waals surface area (Å²) < 4.78 is 6.36. The second-order valence-electron chi connectivity index (χ2n) is 3.10. The van der Waals surface area contributed by atoms with Gasteiger partial charge < -0.3 is 9.84 Å². The Hall–Kier alpha value is -1.06. The molecule has 1 aromatic carbocycles. The van der Waals surface area contributed by atoms with Gasteiger partial charge in [0, 0.05) is 11.3 Å². The molecule has 0 aliphatic carbocycles. The molecule has 74 valence electrons. The first kappa shape index (κ1) is 9.49. The fraction of sp³-hybridized carbons (Fsp3) is 0.273. The monoisotopic (exact) mass is 208 g/mol. The molecule has 0 saturated carbocycles. The minimum Gasteiger partial charge on any atom is -0.497 e. The first-order chi connectivity index (χ1) is 6.85. The molecule has 0 amide bonds. The van der Waals surface area contributed by atoms with Crippen molar-refractivity contribution >= 4 is 21.4 Å². The fourth-order valence-electron chi connectivity index (χ4n) is 1.50. The largest absolute Gasteiger partial charge is 0.497 e. The lowest BCUT2D eigenvalue weighted by atomic mass is 10.1. The minimum atomic E-state index is 0.206. The molecule has 0 saturated heterocycles. The van der Waals surface area contributed by atoms with Gasteiger partial charge in [0.25, 0.3) is 0 Å². The van der Waals surface area contributed by atoms with Crippen LogP contribution in [0.4, 0.5) is 0 Å². The summed E-state index contributed by atoms with van der Waals surface area (Å²) in [4.78, 5) is 0. The van der Waals surface area contributed by atoms with Gasteiger partial charge in [0.2, 0.25) is 0 Å². The maximum atomic E-state index is 8.88. The number of hydrogen-bond donors (Lipinski definition) is 1. The van der Waals surface area contributed by atoms with E-state index in [2.05, 4.69) is 11.4 Å². The highest BCUT2D eigenvalue weighted by Crippen LogP contribution is 2.29. The SMILES string of the molecule is COc1ccc2c(CCO)csc2c1. The molecule has 1 N–H and O–H groups in total. The summed E-state index contributed by atoms with van der Waals surface area (Å²) in [6, 6.07) is 6.03. The van der Waals surface area contributed by atoms with Crippen LogP contribution in [0.1, 0.15) is 5.56 Å². The molecule has 2 rings (SSSR count). The standard InChI is InChI=1S/C11H12O2S/c1-13-9-2-3-10-8(4-5-12)7-14-11(10)6-9/h2-3,6-7,12H,4-5H2,1H3. The van der Waals surface area contributed by atoms with Crippen molar-refractivity contribution in [2.24, 2.45) is 0 Å². The summed E-state index contributed by atoms with van der Waals surface area (Å²) in [5, 5.41) is 12.2. The zero-order valence-corrected chi connectivity index (χ0v) is 8.80. The smallest absolute Gasteiger partial charge is 0.120 e. The Balaban J connectivity index is 2.48. The van der Waals surface area contributed by atoms with E-state index in [1.54, 1.807) is 18.4 Å². The molecule has 2 aromatic rings. The number of fused-ring (bicyclic) bond motifs is 1. The number of aliphatic hydroxyl groups is 1. The van der Waals surface area contributed by atoms with E-state index in [1.165, 1.54) is 15.6 Å². The predicted molar refractivity (Wildman–Crippen MR) is 59.2 cm³/mol. The Kier molecular flexibility index (Phi) is 2.70. The van der Waals surface area contributed by atoms with Gasteiger partial charge in [-0.15, -0.1) is 11.3 Å². The van der Waals surface area contributed by atoms with E-state index in [-0.39, 0.29) is 6.61 Å². The summed E-state index contributed by atoms with van der Waals surface area (Å²) in [7, 11) is 1.67. The van der Waals surface area contributed by atoms with Crippen molar-refractivity contribution in [2.45, 2.75) is 6.42 Å². The van der Waals surface area contributed by atoms with Gasteiger partial charge in [-0.05, 0) is 40.9 Å². The van der Waals surface area contributed by atoms with Crippen molar-refractivity contribution in [1.82, 2.24) is 0 Å². The van der Waals surface area contributed by atoms with Crippen LogP contribution in [0.3, 0.4) is 0 Å². The fourth-order valence-corrected chi connectivity index (χ4v) is 2.53. The van der Waals surface area contributed by atoms with Gasteiger partial charge in [-0.2, -0.15) is 0 Å². The van der Waals surface area contributed by atoms with E-state index in [1.807, 2.05) is 12.1 Å². The van der Waals surface area contributed by atoms with Gasteiger partial charge in [-0.1, -0.05) is 0 Å². The van der Waals surface area contributed by atoms with Gasteiger partial charge >= 0.3 is 0 Å². The Morgan fingerprint density at radius 1 is 1.43 bits per heavy atom. The minimum absolute atomic E-state index is 0.206. The van der Waals surface area contributed by atoms with E-state index in [4.69, 9.17) is 9.84 Å². The average Bonchev–Trinajstić information content (AvgIpc) is 2.61. The van der Waals surface area contributed by atoms with Crippen LogP contribution >= 0.6 is 11.3 Å². The first-order valence-corrected chi connectivity index (χ1v) is 5.38. The van der Waals surface area contributed by atoms with Crippen LogP contribution in [0.5, 0.6) is 5.75 Å². The Bertz CT molecular complexity index is 434. The highest BCUT2D eigenvalue weighted by molar-refractivity contribution is 7.17. The number of thiophene rings is 1. The molecule has 3 heteroatoms. The molecule has 14 heavy (non-hydrogen) atoms. The molecule has 0 fully saturated rings. The second-order valence-corrected chi connectivity index (χ2v) is 4.01. The third-order valence-electron chi connectivity index (χ3n) is 2.24. The van der Waals surface area contributed by atoms with Crippen LogP contribution < -0.4 is 4.74 Å². The van der Waals surface area contributed by atoms with E-state index in [9.17, 15) is 0 Å². The zero-order chi connectivity index (χ0) is 9.97.